The van der Waals surface area contributed by atoms with Crippen molar-refractivity contribution < 1.29 is 27.5 Å². The summed E-state index contributed by atoms with van der Waals surface area (Å²) in [5.41, 5.74) is 0.959. The van der Waals surface area contributed by atoms with Crippen molar-refractivity contribution in [1.29, 1.82) is 0 Å². The van der Waals surface area contributed by atoms with Gasteiger partial charge in [0.1, 0.15) is 6.10 Å². The van der Waals surface area contributed by atoms with Gasteiger partial charge in [-0.1, -0.05) is 24.6 Å². The Labute approximate surface area is 148 Å². The molecule has 2 rings (SSSR count). The van der Waals surface area contributed by atoms with Crippen molar-refractivity contribution >= 4 is 21.8 Å². The monoisotopic (exact) mass is 368 g/mol. The highest BCUT2D eigenvalue weighted by Crippen LogP contribution is 2.38. The van der Waals surface area contributed by atoms with Crippen LogP contribution in [-0.2, 0) is 28.9 Å². The molecule has 0 amide bonds. The number of hydrogen-bond donors (Lipinski definition) is 0. The number of methoxy groups -OCH3 is 1. The van der Waals surface area contributed by atoms with Crippen LogP contribution in [-0.4, -0.2) is 38.8 Å². The molecule has 1 aliphatic carbocycles. The van der Waals surface area contributed by atoms with Gasteiger partial charge >= 0.3 is 11.9 Å². The molecule has 0 unspecified atom stereocenters. The highest BCUT2D eigenvalue weighted by molar-refractivity contribution is 7.92. The Morgan fingerprint density at radius 1 is 1.12 bits per heavy atom. The van der Waals surface area contributed by atoms with Crippen molar-refractivity contribution in [1.82, 2.24) is 0 Å². The fraction of sp³-hybridized carbons (Fsp3) is 0.556. The molecule has 1 fully saturated rings. The average molecular weight is 368 g/mol. The zero-order chi connectivity index (χ0) is 18.8. The Bertz CT molecular complexity index is 737. The fourth-order valence-corrected chi connectivity index (χ4v) is 5.46. The number of benzene rings is 1. The summed E-state index contributed by atoms with van der Waals surface area (Å²) < 4.78 is 36.3. The normalized spacial score (nSPS) is 26.7. The van der Waals surface area contributed by atoms with Gasteiger partial charge in [-0.15, -0.1) is 0 Å². The lowest BCUT2D eigenvalue weighted by molar-refractivity contribution is -0.158. The van der Waals surface area contributed by atoms with Gasteiger partial charge in [-0.05, 0) is 31.9 Å². The van der Waals surface area contributed by atoms with Gasteiger partial charge in [0, 0.05) is 12.8 Å². The summed E-state index contributed by atoms with van der Waals surface area (Å²) in [5, 5.41) is -0.822. The Morgan fingerprint density at radius 3 is 2.24 bits per heavy atom. The van der Waals surface area contributed by atoms with E-state index in [4.69, 9.17) is 9.47 Å². The number of carbonyl (C=O) groups excluding carboxylic acids is 2. The smallest absolute Gasteiger partial charge is 0.308 e. The van der Waals surface area contributed by atoms with Crippen molar-refractivity contribution in [3.05, 3.63) is 29.8 Å². The highest BCUT2D eigenvalue weighted by Gasteiger charge is 2.46. The Hall–Kier alpha value is -1.89. The maximum atomic E-state index is 13.1. The number of sulfone groups is 1. The van der Waals surface area contributed by atoms with Gasteiger partial charge in [-0.2, -0.15) is 0 Å². The third-order valence-corrected chi connectivity index (χ3v) is 7.15. The van der Waals surface area contributed by atoms with Crippen LogP contribution in [0.1, 0.15) is 32.3 Å². The van der Waals surface area contributed by atoms with E-state index in [0.717, 1.165) is 5.56 Å². The molecule has 1 saturated carbocycles. The van der Waals surface area contributed by atoms with Gasteiger partial charge in [-0.3, -0.25) is 9.59 Å². The molecule has 0 aliphatic heterocycles. The summed E-state index contributed by atoms with van der Waals surface area (Å²) in [4.78, 5) is 23.6. The lowest BCUT2D eigenvalue weighted by Crippen LogP contribution is -2.46. The third-order valence-electron chi connectivity index (χ3n) is 4.81. The Kier molecular flexibility index (Phi) is 5.87. The van der Waals surface area contributed by atoms with Crippen molar-refractivity contribution in [2.75, 3.05) is 7.11 Å². The molecule has 0 radical (unpaired) electrons. The van der Waals surface area contributed by atoms with Gasteiger partial charge in [0.15, 0.2) is 9.84 Å². The summed E-state index contributed by atoms with van der Waals surface area (Å²) >= 11 is 0. The second-order valence-corrected chi connectivity index (χ2v) is 8.76. The molecular weight excluding hydrogens is 344 g/mol. The first-order valence-corrected chi connectivity index (χ1v) is 9.77. The van der Waals surface area contributed by atoms with Crippen molar-refractivity contribution in [2.45, 2.75) is 49.9 Å². The molecule has 4 atom stereocenters. The van der Waals surface area contributed by atoms with E-state index in [0.29, 0.717) is 0 Å². The van der Waals surface area contributed by atoms with Crippen LogP contribution in [0.25, 0.3) is 0 Å². The number of aryl methyl sites for hydroxylation is 1. The van der Waals surface area contributed by atoms with Crippen molar-refractivity contribution in [3.63, 3.8) is 0 Å². The zero-order valence-corrected chi connectivity index (χ0v) is 15.7. The van der Waals surface area contributed by atoms with E-state index in [1.54, 1.807) is 31.2 Å². The van der Waals surface area contributed by atoms with E-state index < -0.39 is 45.0 Å². The molecule has 1 aliphatic rings. The van der Waals surface area contributed by atoms with Gasteiger partial charge in [0.05, 0.1) is 23.2 Å². The van der Waals surface area contributed by atoms with E-state index in [-0.39, 0.29) is 17.7 Å². The van der Waals surface area contributed by atoms with E-state index >= 15 is 0 Å². The van der Waals surface area contributed by atoms with Crippen LogP contribution in [0.5, 0.6) is 0 Å². The van der Waals surface area contributed by atoms with Crippen LogP contribution < -0.4 is 0 Å². The van der Waals surface area contributed by atoms with Gasteiger partial charge in [0.2, 0.25) is 0 Å². The topological polar surface area (TPSA) is 86.7 Å². The van der Waals surface area contributed by atoms with Crippen molar-refractivity contribution in [3.8, 4) is 0 Å². The van der Waals surface area contributed by atoms with Gasteiger partial charge in [0.25, 0.3) is 0 Å². The fourth-order valence-electron chi connectivity index (χ4n) is 3.37. The molecule has 1 aromatic carbocycles. The number of ether oxygens (including phenoxy) is 2. The third kappa shape index (κ3) is 4.21. The Balaban J connectivity index is 2.39. The quantitative estimate of drug-likeness (QED) is 0.758. The second kappa shape index (κ2) is 7.56. The standard InChI is InChI=1S/C18H24O6S/c1-11-5-7-15(8-6-11)25(21,22)17-10-14(18(20)23-4)9-16(12(17)2)24-13(3)19/h5-8,12,14,16-17H,9-10H2,1-4H3/t12-,14+,16-,17+/m1/s1. The molecule has 0 bridgehead atoms. The van der Waals surface area contributed by atoms with E-state index in [9.17, 15) is 18.0 Å². The minimum absolute atomic E-state index is 0.155. The molecule has 0 aromatic heterocycles. The van der Waals surface area contributed by atoms with Gasteiger partial charge < -0.3 is 9.47 Å². The molecule has 6 nitrogen and oxygen atoms in total. The average Bonchev–Trinajstić information content (AvgIpc) is 2.55. The molecule has 138 valence electrons. The predicted octanol–water partition coefficient (Wildman–Crippen LogP) is 2.29. The second-order valence-electron chi connectivity index (χ2n) is 6.60. The lowest BCUT2D eigenvalue weighted by Gasteiger charge is -2.38. The van der Waals surface area contributed by atoms with Crippen LogP contribution in [0.15, 0.2) is 29.2 Å². The van der Waals surface area contributed by atoms with E-state index in [1.165, 1.54) is 14.0 Å². The van der Waals surface area contributed by atoms with E-state index in [1.807, 2.05) is 6.92 Å². The van der Waals surface area contributed by atoms with Crippen LogP contribution in [0.2, 0.25) is 0 Å². The first-order chi connectivity index (χ1) is 11.7. The number of carbonyl (C=O) groups is 2. The van der Waals surface area contributed by atoms with Gasteiger partial charge in [-0.25, -0.2) is 8.42 Å². The van der Waals surface area contributed by atoms with Crippen LogP contribution >= 0.6 is 0 Å². The Morgan fingerprint density at radius 2 is 1.72 bits per heavy atom. The van der Waals surface area contributed by atoms with E-state index in [2.05, 4.69) is 0 Å². The SMILES string of the molecule is COC(=O)[C@H]1C[C@@H](OC(C)=O)[C@@H](C)[C@@H](S(=O)(=O)c2ccc(C)cc2)C1. The van der Waals surface area contributed by atoms with Crippen molar-refractivity contribution in [2.24, 2.45) is 11.8 Å². The van der Waals surface area contributed by atoms with Crippen LogP contribution in [0.4, 0.5) is 0 Å². The first-order valence-electron chi connectivity index (χ1n) is 8.22. The summed E-state index contributed by atoms with van der Waals surface area (Å²) in [7, 11) is -2.40. The molecule has 0 heterocycles. The highest BCUT2D eigenvalue weighted by atomic mass is 32.2. The molecule has 0 spiro atoms. The maximum Gasteiger partial charge on any atom is 0.308 e. The van der Waals surface area contributed by atoms with Crippen LogP contribution in [0, 0.1) is 18.8 Å². The molecular formula is C18H24O6S. The number of hydrogen-bond acceptors (Lipinski definition) is 6. The minimum atomic E-state index is -3.67. The zero-order valence-electron chi connectivity index (χ0n) is 14.9. The number of esters is 2. The predicted molar refractivity (Wildman–Crippen MR) is 91.6 cm³/mol. The molecule has 1 aromatic rings. The lowest BCUT2D eigenvalue weighted by atomic mass is 9.80. The summed E-state index contributed by atoms with van der Waals surface area (Å²) in [6.45, 7) is 4.90. The molecule has 25 heavy (non-hydrogen) atoms. The summed E-state index contributed by atoms with van der Waals surface area (Å²) in [5.74, 6) is -2.01. The first kappa shape index (κ1) is 19.4. The largest absolute Gasteiger partial charge is 0.469 e. The molecule has 0 N–H and O–H groups in total. The summed E-state index contributed by atoms with van der Waals surface area (Å²) in [6, 6.07) is 6.61. The molecule has 0 saturated heterocycles. The minimum Gasteiger partial charge on any atom is -0.469 e. The van der Waals surface area contributed by atoms with Crippen LogP contribution in [0.3, 0.4) is 0 Å². The maximum absolute atomic E-state index is 13.1. The molecule has 7 heteroatoms. The summed E-state index contributed by atoms with van der Waals surface area (Å²) in [6.07, 6.45) is -0.213. The number of rotatable bonds is 4.